The Morgan fingerprint density at radius 3 is 1.42 bits per heavy atom. The number of carbonyl (C=O) groups excluding carboxylic acids is 3. The Labute approximate surface area is 212 Å². The van der Waals surface area contributed by atoms with Crippen molar-refractivity contribution in [2.75, 3.05) is 9.80 Å². The van der Waals surface area contributed by atoms with Crippen molar-refractivity contribution in [2.24, 2.45) is 0 Å². The van der Waals surface area contributed by atoms with Crippen LogP contribution in [0.15, 0.2) is 126 Å². The van der Waals surface area contributed by atoms with Crippen LogP contribution in [0.2, 0.25) is 0 Å². The molecule has 1 saturated heterocycles. The van der Waals surface area contributed by atoms with Crippen LogP contribution >= 0.6 is 0 Å². The summed E-state index contributed by atoms with van der Waals surface area (Å²) in [6, 6.07) is 33.4. The topological polar surface area (TPSA) is 80.7 Å². The zero-order valence-electron chi connectivity index (χ0n) is 19.2. The second-order valence-corrected chi connectivity index (χ2v) is 10.0. The predicted molar refractivity (Wildman–Crippen MR) is 139 cm³/mol. The number of urea groups is 1. The number of hydrogen-bond donors (Lipinski definition) is 0. The normalized spacial score (nSPS) is 16.2. The summed E-state index contributed by atoms with van der Waals surface area (Å²) in [5, 5.41) is 0. The Balaban J connectivity index is 1.77. The largest absolute Gasteiger partial charge is 0.610 e. The number of imide groups is 2. The number of rotatable bonds is 6. The summed E-state index contributed by atoms with van der Waals surface area (Å²) in [6.07, 6.45) is -0.146. The molecule has 7 heteroatoms. The van der Waals surface area contributed by atoms with Gasteiger partial charge in [0.2, 0.25) is 0 Å². The molecule has 4 aromatic rings. The van der Waals surface area contributed by atoms with Crippen molar-refractivity contribution in [2.45, 2.75) is 16.1 Å². The van der Waals surface area contributed by atoms with Crippen molar-refractivity contribution in [3.63, 3.8) is 0 Å². The van der Waals surface area contributed by atoms with E-state index in [0.29, 0.717) is 21.8 Å². The summed E-state index contributed by atoms with van der Waals surface area (Å²) in [5.41, 5.74) is 1.24. The maximum atomic E-state index is 14.3. The lowest BCUT2D eigenvalue weighted by Gasteiger charge is -2.43. The van der Waals surface area contributed by atoms with Gasteiger partial charge in [0.25, 0.3) is 4.75 Å². The lowest BCUT2D eigenvalue weighted by molar-refractivity contribution is -0.130. The minimum atomic E-state index is -2.13. The maximum absolute atomic E-state index is 14.3. The smallest absolute Gasteiger partial charge is 0.343 e. The van der Waals surface area contributed by atoms with E-state index in [4.69, 9.17) is 0 Å². The van der Waals surface area contributed by atoms with Crippen LogP contribution in [0.4, 0.5) is 16.2 Å². The molecule has 0 aromatic heterocycles. The number of nitrogens with zero attached hydrogens (tertiary/aromatic N) is 2. The molecule has 1 aliphatic heterocycles. The van der Waals surface area contributed by atoms with Gasteiger partial charge in [0.1, 0.15) is 0 Å². The van der Waals surface area contributed by atoms with E-state index in [0.717, 1.165) is 9.80 Å². The van der Waals surface area contributed by atoms with Crippen molar-refractivity contribution in [1.82, 2.24) is 0 Å². The molecule has 178 valence electrons. The van der Waals surface area contributed by atoms with Crippen LogP contribution < -0.4 is 9.80 Å². The van der Waals surface area contributed by atoms with Gasteiger partial charge in [-0.25, -0.2) is 14.6 Å². The molecule has 1 unspecified atom stereocenters. The van der Waals surface area contributed by atoms with Crippen LogP contribution in [0.25, 0.3) is 0 Å². The van der Waals surface area contributed by atoms with E-state index in [2.05, 4.69) is 0 Å². The first-order valence-corrected chi connectivity index (χ1v) is 12.5. The molecule has 1 heterocycles. The van der Waals surface area contributed by atoms with Crippen molar-refractivity contribution < 1.29 is 18.9 Å². The fraction of sp³-hybridized carbons (Fsp3) is 0.0690. The Bertz CT molecular complexity index is 1320. The molecule has 36 heavy (non-hydrogen) atoms. The molecule has 0 N–H and O–H groups in total. The Hall–Kier alpha value is -4.20. The molecule has 4 aromatic carbocycles. The number of para-hydroxylation sites is 2. The van der Waals surface area contributed by atoms with E-state index >= 15 is 0 Å². The number of anilines is 2. The molecule has 0 aliphatic carbocycles. The predicted octanol–water partition coefficient (Wildman–Crippen LogP) is 4.98. The average Bonchev–Trinajstić information content (AvgIpc) is 2.93. The van der Waals surface area contributed by atoms with Crippen LogP contribution in [0.3, 0.4) is 0 Å². The average molecular weight is 495 g/mol. The standard InChI is InChI=1S/C29H22N2O4S/c32-26-29(21-22-13-5-1-6-14-22,36(35)25-19-11-4-12-20-25)27(33)31(24-17-9-3-10-18-24)28(34)30(26)23-15-7-2-8-16-23/h1-20H,21H2. The van der Waals surface area contributed by atoms with E-state index in [1.165, 1.54) is 0 Å². The van der Waals surface area contributed by atoms with E-state index in [-0.39, 0.29) is 6.42 Å². The Kier molecular flexibility index (Phi) is 6.41. The van der Waals surface area contributed by atoms with Gasteiger partial charge in [-0.05, 0) is 42.0 Å². The zero-order chi connectivity index (χ0) is 25.1. The van der Waals surface area contributed by atoms with Gasteiger partial charge in [0.05, 0.1) is 11.4 Å². The number of benzene rings is 4. The lowest BCUT2D eigenvalue weighted by Crippen LogP contribution is -2.73. The van der Waals surface area contributed by atoms with E-state index < -0.39 is 33.8 Å². The number of amides is 4. The number of barbiturate groups is 1. The first-order chi connectivity index (χ1) is 17.5. The van der Waals surface area contributed by atoms with Gasteiger partial charge >= 0.3 is 17.8 Å². The van der Waals surface area contributed by atoms with Gasteiger partial charge in [0, 0.05) is 17.6 Å². The monoisotopic (exact) mass is 494 g/mol. The SMILES string of the molecule is O=C1N(c2ccccc2)C(=O)C(Cc2ccccc2)([S+]([O-])c2ccccc2)C(=O)N1c1ccccc1. The highest BCUT2D eigenvalue weighted by Crippen LogP contribution is 2.40. The summed E-state index contributed by atoms with van der Waals surface area (Å²) in [4.78, 5) is 44.7. The Morgan fingerprint density at radius 2 is 0.972 bits per heavy atom. The van der Waals surface area contributed by atoms with Crippen LogP contribution in [0, 0.1) is 0 Å². The van der Waals surface area contributed by atoms with Crippen molar-refractivity contribution >= 4 is 40.4 Å². The molecular weight excluding hydrogens is 472 g/mol. The molecule has 1 fully saturated rings. The molecule has 5 rings (SSSR count). The quantitative estimate of drug-likeness (QED) is 0.280. The van der Waals surface area contributed by atoms with Gasteiger partial charge in [-0.1, -0.05) is 84.9 Å². The number of carbonyl (C=O) groups is 3. The van der Waals surface area contributed by atoms with Gasteiger partial charge in [0.15, 0.2) is 4.90 Å². The molecule has 6 nitrogen and oxygen atoms in total. The number of hydrogen-bond acceptors (Lipinski definition) is 4. The summed E-state index contributed by atoms with van der Waals surface area (Å²) in [6.45, 7) is 0. The molecule has 0 saturated carbocycles. The van der Waals surface area contributed by atoms with E-state index in [1.54, 1.807) is 115 Å². The first kappa shape index (κ1) is 23.5. The molecule has 0 spiro atoms. The van der Waals surface area contributed by atoms with Gasteiger partial charge < -0.3 is 4.55 Å². The minimum Gasteiger partial charge on any atom is -0.610 e. The van der Waals surface area contributed by atoms with Crippen LogP contribution in [0.5, 0.6) is 0 Å². The third-order valence-corrected chi connectivity index (χ3v) is 7.91. The fourth-order valence-electron chi connectivity index (χ4n) is 4.34. The second-order valence-electron chi connectivity index (χ2n) is 8.31. The summed E-state index contributed by atoms with van der Waals surface area (Å²) in [7, 11) is 0. The fourth-order valence-corrected chi connectivity index (χ4v) is 5.94. The van der Waals surface area contributed by atoms with Crippen molar-refractivity contribution in [1.29, 1.82) is 0 Å². The molecule has 4 amide bonds. The van der Waals surface area contributed by atoms with Crippen molar-refractivity contribution in [3.05, 3.63) is 127 Å². The third kappa shape index (κ3) is 3.98. The van der Waals surface area contributed by atoms with E-state index in [9.17, 15) is 18.9 Å². The highest BCUT2D eigenvalue weighted by atomic mass is 32.2. The maximum Gasteiger partial charge on any atom is 0.343 e. The second kappa shape index (κ2) is 9.81. The summed E-state index contributed by atoms with van der Waals surface area (Å²) >= 11 is -2.13. The first-order valence-electron chi connectivity index (χ1n) is 11.4. The van der Waals surface area contributed by atoms with Gasteiger partial charge in [-0.15, -0.1) is 0 Å². The highest BCUT2D eigenvalue weighted by Gasteiger charge is 2.66. The minimum absolute atomic E-state index is 0.146. The van der Waals surface area contributed by atoms with Crippen LogP contribution in [-0.4, -0.2) is 27.1 Å². The highest BCUT2D eigenvalue weighted by molar-refractivity contribution is 7.94. The summed E-state index contributed by atoms with van der Waals surface area (Å²) < 4.78 is 12.2. The molecule has 1 atom stereocenters. The molecule has 0 radical (unpaired) electrons. The van der Waals surface area contributed by atoms with Crippen molar-refractivity contribution in [3.8, 4) is 0 Å². The third-order valence-electron chi connectivity index (χ3n) is 6.08. The van der Waals surface area contributed by atoms with E-state index in [1.807, 2.05) is 6.07 Å². The molecular formula is C29H22N2O4S. The van der Waals surface area contributed by atoms with Crippen LogP contribution in [0.1, 0.15) is 5.56 Å². The van der Waals surface area contributed by atoms with Gasteiger partial charge in [-0.3, -0.25) is 9.59 Å². The zero-order valence-corrected chi connectivity index (χ0v) is 20.0. The van der Waals surface area contributed by atoms with Gasteiger partial charge in [-0.2, -0.15) is 0 Å². The Morgan fingerprint density at radius 1 is 0.583 bits per heavy atom. The molecule has 0 bridgehead atoms. The lowest BCUT2D eigenvalue weighted by atomic mass is 9.92. The van der Waals surface area contributed by atoms with Crippen LogP contribution in [-0.2, 0) is 27.2 Å². The summed E-state index contributed by atoms with van der Waals surface area (Å²) in [5.74, 6) is -1.64. The molecule has 1 aliphatic rings.